The minimum absolute atomic E-state index is 0.328. The molecule has 3 saturated carbocycles. The van der Waals surface area contributed by atoms with Crippen molar-refractivity contribution in [1.82, 2.24) is 5.16 Å². The first-order valence-corrected chi connectivity index (χ1v) is 9.04. The molecule has 4 aliphatic carbocycles. The monoisotopic (exact) mass is 309 g/mol. The maximum Gasteiger partial charge on any atom is 0.162 e. The van der Waals surface area contributed by atoms with Crippen LogP contribution in [0, 0.1) is 41.9 Å². The Bertz CT molecular complexity index is 711. The van der Waals surface area contributed by atoms with E-state index < -0.39 is 5.60 Å². The van der Waals surface area contributed by atoms with Crippen LogP contribution in [0.1, 0.15) is 49.8 Å². The first kappa shape index (κ1) is 13.9. The van der Waals surface area contributed by atoms with E-state index in [0.29, 0.717) is 17.8 Å². The Kier molecular flexibility index (Phi) is 2.86. The maximum absolute atomic E-state index is 10.8. The third-order valence-corrected chi connectivity index (χ3v) is 7.34. The van der Waals surface area contributed by atoms with Crippen LogP contribution in [0.4, 0.5) is 0 Å². The third kappa shape index (κ3) is 1.85. The van der Waals surface area contributed by atoms with E-state index in [1.54, 1.807) is 5.57 Å². The van der Waals surface area contributed by atoms with Crippen molar-refractivity contribution in [3.63, 3.8) is 0 Å². The van der Waals surface area contributed by atoms with Gasteiger partial charge in [0.15, 0.2) is 5.76 Å². The largest absolute Gasteiger partial charge is 0.377 e. The van der Waals surface area contributed by atoms with Crippen LogP contribution in [-0.2, 0) is 6.42 Å². The standard InChI is InChI=1S/C20H23NO2/c1-2-20(22)8-7-16-14-4-3-12-10-19-13(11-21-23-19)9-17(12)15(14)5-6-18(16)20/h1,10-11,14-18,22H,3-9H2/t14-,15+,16+,17?,18?,20+/m1/s1. The van der Waals surface area contributed by atoms with Crippen molar-refractivity contribution in [2.24, 2.45) is 29.6 Å². The Morgan fingerprint density at radius 3 is 3.00 bits per heavy atom. The number of fused-ring (bicyclic) bond motifs is 6. The molecule has 1 heterocycles. The van der Waals surface area contributed by atoms with E-state index in [0.717, 1.165) is 43.3 Å². The summed E-state index contributed by atoms with van der Waals surface area (Å²) in [5.41, 5.74) is 2.01. The zero-order valence-electron chi connectivity index (χ0n) is 13.4. The molecule has 4 aliphatic rings. The predicted octanol–water partition coefficient (Wildman–Crippen LogP) is 3.44. The summed E-state index contributed by atoms with van der Waals surface area (Å²) in [5.74, 6) is 6.79. The summed E-state index contributed by atoms with van der Waals surface area (Å²) in [4.78, 5) is 0. The summed E-state index contributed by atoms with van der Waals surface area (Å²) in [6, 6.07) is 0. The molecule has 0 radical (unpaired) electrons. The molecule has 1 aromatic heterocycles. The molecule has 1 N–H and O–H groups in total. The van der Waals surface area contributed by atoms with Gasteiger partial charge in [0.1, 0.15) is 5.60 Å². The van der Waals surface area contributed by atoms with Crippen molar-refractivity contribution < 1.29 is 9.63 Å². The van der Waals surface area contributed by atoms with Crippen LogP contribution >= 0.6 is 0 Å². The molecule has 2 unspecified atom stereocenters. The van der Waals surface area contributed by atoms with Gasteiger partial charge < -0.3 is 9.63 Å². The number of hydrogen-bond acceptors (Lipinski definition) is 3. The van der Waals surface area contributed by atoms with Crippen LogP contribution in [0.25, 0.3) is 6.08 Å². The highest BCUT2D eigenvalue weighted by atomic mass is 16.5. The molecule has 5 rings (SSSR count). The second kappa shape index (κ2) is 4.74. The van der Waals surface area contributed by atoms with Crippen molar-refractivity contribution in [3.8, 4) is 12.3 Å². The first-order chi connectivity index (χ1) is 11.2. The highest BCUT2D eigenvalue weighted by Crippen LogP contribution is 2.59. The van der Waals surface area contributed by atoms with Gasteiger partial charge in [0, 0.05) is 11.5 Å². The van der Waals surface area contributed by atoms with Gasteiger partial charge in [-0.3, -0.25) is 0 Å². The first-order valence-electron chi connectivity index (χ1n) is 9.04. The van der Waals surface area contributed by atoms with Gasteiger partial charge in [-0.05, 0) is 74.7 Å². The van der Waals surface area contributed by atoms with E-state index in [1.165, 1.54) is 24.8 Å². The molecule has 3 heteroatoms. The van der Waals surface area contributed by atoms with Crippen molar-refractivity contribution in [3.05, 3.63) is 23.1 Å². The lowest BCUT2D eigenvalue weighted by molar-refractivity contribution is -0.0170. The molecule has 0 aromatic carbocycles. The number of nitrogens with zero attached hydrogens (tertiary/aromatic N) is 1. The fourth-order valence-electron chi connectivity index (χ4n) is 6.31. The Hall–Kier alpha value is -1.53. The number of aliphatic hydroxyl groups is 1. The summed E-state index contributed by atoms with van der Waals surface area (Å²) < 4.78 is 5.37. The van der Waals surface area contributed by atoms with Gasteiger partial charge in [0.25, 0.3) is 0 Å². The van der Waals surface area contributed by atoms with Crippen molar-refractivity contribution >= 4 is 6.08 Å². The van der Waals surface area contributed by atoms with Crippen LogP contribution in [0.2, 0.25) is 0 Å². The van der Waals surface area contributed by atoms with Crippen molar-refractivity contribution in [1.29, 1.82) is 0 Å². The number of allylic oxidation sites excluding steroid dienone is 1. The fourth-order valence-corrected chi connectivity index (χ4v) is 6.31. The van der Waals surface area contributed by atoms with E-state index in [1.807, 2.05) is 6.20 Å². The summed E-state index contributed by atoms with van der Waals surface area (Å²) >= 11 is 0. The van der Waals surface area contributed by atoms with Gasteiger partial charge >= 0.3 is 0 Å². The van der Waals surface area contributed by atoms with E-state index in [-0.39, 0.29) is 0 Å². The molecule has 0 amide bonds. The average molecular weight is 309 g/mol. The normalized spacial score (nSPS) is 44.3. The van der Waals surface area contributed by atoms with Crippen LogP contribution in [0.3, 0.4) is 0 Å². The average Bonchev–Trinajstić information content (AvgIpc) is 3.17. The molecule has 0 spiro atoms. The van der Waals surface area contributed by atoms with Crippen LogP contribution in [-0.4, -0.2) is 15.9 Å². The molecule has 3 fully saturated rings. The minimum atomic E-state index is -0.833. The third-order valence-electron chi connectivity index (χ3n) is 7.34. The Balaban J connectivity index is 1.45. The molecule has 23 heavy (non-hydrogen) atoms. The summed E-state index contributed by atoms with van der Waals surface area (Å²) in [5, 5.41) is 14.7. The number of rotatable bonds is 0. The topological polar surface area (TPSA) is 46.3 Å². The molecule has 120 valence electrons. The van der Waals surface area contributed by atoms with Crippen LogP contribution < -0.4 is 0 Å². The van der Waals surface area contributed by atoms with Gasteiger partial charge in [-0.1, -0.05) is 16.7 Å². The quantitative estimate of drug-likeness (QED) is 0.747. The van der Waals surface area contributed by atoms with Gasteiger partial charge in [-0.2, -0.15) is 0 Å². The minimum Gasteiger partial charge on any atom is -0.377 e. The van der Waals surface area contributed by atoms with E-state index >= 15 is 0 Å². The molecular weight excluding hydrogens is 286 g/mol. The lowest BCUT2D eigenvalue weighted by Crippen LogP contribution is -2.45. The maximum atomic E-state index is 10.8. The van der Waals surface area contributed by atoms with E-state index in [4.69, 9.17) is 10.9 Å². The lowest BCUT2D eigenvalue weighted by atomic mass is 9.55. The molecular formula is C20H23NO2. The van der Waals surface area contributed by atoms with Gasteiger partial charge in [0.05, 0.1) is 6.20 Å². The number of terminal acetylenes is 1. The highest BCUT2D eigenvalue weighted by molar-refractivity contribution is 5.55. The molecule has 0 aliphatic heterocycles. The molecule has 3 nitrogen and oxygen atoms in total. The SMILES string of the molecule is C#C[C@]1(O)CC[C@@H]2C1CC[C@@H]1C3Cc4cnoc4C=C3CC[C@H]12. The molecule has 6 atom stereocenters. The Labute approximate surface area is 137 Å². The summed E-state index contributed by atoms with van der Waals surface area (Å²) in [7, 11) is 0. The molecule has 0 saturated heterocycles. The van der Waals surface area contributed by atoms with Crippen molar-refractivity contribution in [2.75, 3.05) is 0 Å². The summed E-state index contributed by atoms with van der Waals surface area (Å²) in [6.45, 7) is 0. The van der Waals surface area contributed by atoms with Gasteiger partial charge in [0.2, 0.25) is 0 Å². The zero-order valence-corrected chi connectivity index (χ0v) is 13.4. The number of hydrogen-bond donors (Lipinski definition) is 1. The van der Waals surface area contributed by atoms with Crippen LogP contribution in [0.5, 0.6) is 0 Å². The lowest BCUT2D eigenvalue weighted by Gasteiger charge is -2.50. The van der Waals surface area contributed by atoms with Crippen molar-refractivity contribution in [2.45, 2.75) is 50.5 Å². The fraction of sp³-hybridized carbons (Fsp3) is 0.650. The second-order valence-electron chi connectivity index (χ2n) is 8.07. The zero-order chi connectivity index (χ0) is 15.6. The van der Waals surface area contributed by atoms with Gasteiger partial charge in [-0.25, -0.2) is 0 Å². The van der Waals surface area contributed by atoms with Gasteiger partial charge in [-0.15, -0.1) is 6.42 Å². The highest BCUT2D eigenvalue weighted by Gasteiger charge is 2.55. The second-order valence-corrected chi connectivity index (χ2v) is 8.07. The molecule has 0 bridgehead atoms. The Morgan fingerprint density at radius 1 is 1.22 bits per heavy atom. The Morgan fingerprint density at radius 2 is 2.13 bits per heavy atom. The van der Waals surface area contributed by atoms with E-state index in [2.05, 4.69) is 17.2 Å². The molecule has 1 aromatic rings. The van der Waals surface area contributed by atoms with Crippen LogP contribution in [0.15, 0.2) is 16.3 Å². The smallest absolute Gasteiger partial charge is 0.162 e. The predicted molar refractivity (Wildman–Crippen MR) is 87.1 cm³/mol. The van der Waals surface area contributed by atoms with E-state index in [9.17, 15) is 5.11 Å². The number of aromatic nitrogens is 1. The summed E-state index contributed by atoms with van der Waals surface area (Å²) in [6.07, 6.45) is 17.5.